The maximum atomic E-state index is 12.3. The molecule has 21 heavy (non-hydrogen) atoms. The third-order valence-electron chi connectivity index (χ3n) is 3.63. The van der Waals surface area contributed by atoms with E-state index in [9.17, 15) is 8.42 Å². The summed E-state index contributed by atoms with van der Waals surface area (Å²) >= 11 is 0. The van der Waals surface area contributed by atoms with Crippen LogP contribution in [-0.4, -0.2) is 33.4 Å². The van der Waals surface area contributed by atoms with Crippen molar-refractivity contribution in [2.75, 3.05) is 23.6 Å². The van der Waals surface area contributed by atoms with Gasteiger partial charge < -0.3 is 10.1 Å². The molecule has 0 spiro atoms. The van der Waals surface area contributed by atoms with Crippen molar-refractivity contribution in [3.8, 4) is 0 Å². The van der Waals surface area contributed by atoms with Crippen molar-refractivity contribution < 1.29 is 13.2 Å². The van der Waals surface area contributed by atoms with Crippen LogP contribution in [0.2, 0.25) is 0 Å². The van der Waals surface area contributed by atoms with Crippen molar-refractivity contribution in [3.05, 3.63) is 29.8 Å². The summed E-state index contributed by atoms with van der Waals surface area (Å²) < 4.78 is 32.7. The van der Waals surface area contributed by atoms with E-state index in [-0.39, 0.29) is 17.9 Å². The molecule has 2 atom stereocenters. The molecule has 0 aromatic heterocycles. The van der Waals surface area contributed by atoms with Crippen LogP contribution in [0.4, 0.5) is 5.69 Å². The van der Waals surface area contributed by atoms with Crippen LogP contribution in [-0.2, 0) is 14.8 Å². The normalized spacial score (nSPS) is 20.4. The summed E-state index contributed by atoms with van der Waals surface area (Å²) in [6.07, 6.45) is 1.57. The Morgan fingerprint density at radius 2 is 2.14 bits per heavy atom. The van der Waals surface area contributed by atoms with Crippen LogP contribution in [0.25, 0.3) is 0 Å². The van der Waals surface area contributed by atoms with Gasteiger partial charge in [0.2, 0.25) is 10.0 Å². The quantitative estimate of drug-likeness (QED) is 0.810. The van der Waals surface area contributed by atoms with E-state index in [0.29, 0.717) is 12.3 Å². The van der Waals surface area contributed by atoms with Crippen molar-refractivity contribution >= 4 is 15.7 Å². The Morgan fingerprint density at radius 3 is 2.81 bits per heavy atom. The predicted octanol–water partition coefficient (Wildman–Crippen LogP) is 2.28. The van der Waals surface area contributed by atoms with Crippen molar-refractivity contribution in [3.63, 3.8) is 0 Å². The van der Waals surface area contributed by atoms with Crippen molar-refractivity contribution in [2.24, 2.45) is 0 Å². The molecule has 0 aliphatic carbocycles. The van der Waals surface area contributed by atoms with Gasteiger partial charge in [-0.05, 0) is 37.9 Å². The van der Waals surface area contributed by atoms with Gasteiger partial charge in [0.05, 0.1) is 17.5 Å². The van der Waals surface area contributed by atoms with Gasteiger partial charge in [-0.25, -0.2) is 8.42 Å². The van der Waals surface area contributed by atoms with Gasteiger partial charge in [-0.15, -0.1) is 0 Å². The Hall–Kier alpha value is -1.11. The summed E-state index contributed by atoms with van der Waals surface area (Å²) in [5.41, 5.74) is 1.60. The fourth-order valence-corrected chi connectivity index (χ4v) is 3.97. The molecule has 1 aliphatic heterocycles. The number of hydrogen-bond donors (Lipinski definition) is 2. The van der Waals surface area contributed by atoms with E-state index >= 15 is 0 Å². The monoisotopic (exact) mass is 312 g/mol. The number of anilines is 1. The average Bonchev–Trinajstić information content (AvgIpc) is 2.91. The molecule has 1 aromatic rings. The van der Waals surface area contributed by atoms with Gasteiger partial charge in [-0.1, -0.05) is 25.1 Å². The van der Waals surface area contributed by atoms with E-state index in [0.717, 1.165) is 24.9 Å². The molecule has 0 radical (unpaired) electrons. The Balaban J connectivity index is 2.10. The SMILES string of the molecule is CCNC(C)c1ccccc1NS(=O)(=O)CC1CCCO1. The lowest BCUT2D eigenvalue weighted by Gasteiger charge is -2.19. The fourth-order valence-electron chi connectivity index (χ4n) is 2.61. The first-order valence-corrected chi connectivity index (χ1v) is 9.11. The van der Waals surface area contributed by atoms with Crippen LogP contribution in [0.15, 0.2) is 24.3 Å². The summed E-state index contributed by atoms with van der Waals surface area (Å²) in [4.78, 5) is 0. The molecule has 1 saturated heterocycles. The van der Waals surface area contributed by atoms with Gasteiger partial charge >= 0.3 is 0 Å². The van der Waals surface area contributed by atoms with Gasteiger partial charge in [0.1, 0.15) is 0 Å². The highest BCUT2D eigenvalue weighted by atomic mass is 32.2. The zero-order chi connectivity index (χ0) is 15.3. The van der Waals surface area contributed by atoms with Crippen LogP contribution in [0.1, 0.15) is 38.3 Å². The third-order valence-corrected chi connectivity index (χ3v) is 4.97. The average molecular weight is 312 g/mol. The highest BCUT2D eigenvalue weighted by Gasteiger charge is 2.24. The van der Waals surface area contributed by atoms with E-state index < -0.39 is 10.0 Å². The second kappa shape index (κ2) is 7.24. The molecule has 118 valence electrons. The van der Waals surface area contributed by atoms with Crippen LogP contribution in [0.5, 0.6) is 0 Å². The Labute approximate surface area is 127 Å². The van der Waals surface area contributed by atoms with Crippen molar-refractivity contribution in [1.82, 2.24) is 5.32 Å². The molecular weight excluding hydrogens is 288 g/mol. The number of benzene rings is 1. The molecule has 0 bridgehead atoms. The topological polar surface area (TPSA) is 67.4 Å². The minimum absolute atomic E-state index is 0.0247. The van der Waals surface area contributed by atoms with Crippen molar-refractivity contribution in [1.29, 1.82) is 0 Å². The Kier molecular flexibility index (Phi) is 5.61. The lowest BCUT2D eigenvalue weighted by Crippen LogP contribution is -2.27. The Bertz CT molecular complexity index is 554. The maximum absolute atomic E-state index is 12.3. The smallest absolute Gasteiger partial charge is 0.235 e. The Morgan fingerprint density at radius 1 is 1.38 bits per heavy atom. The van der Waals surface area contributed by atoms with Crippen molar-refractivity contribution in [2.45, 2.75) is 38.8 Å². The van der Waals surface area contributed by atoms with E-state index in [1.165, 1.54) is 0 Å². The first kappa shape index (κ1) is 16.3. The molecule has 1 aliphatic rings. The molecule has 2 N–H and O–H groups in total. The first-order valence-electron chi connectivity index (χ1n) is 7.46. The maximum Gasteiger partial charge on any atom is 0.235 e. The molecule has 0 amide bonds. The lowest BCUT2D eigenvalue weighted by molar-refractivity contribution is 0.127. The molecular formula is C15H24N2O3S. The summed E-state index contributed by atoms with van der Waals surface area (Å²) in [6.45, 7) is 5.55. The number of hydrogen-bond acceptors (Lipinski definition) is 4. The number of nitrogens with one attached hydrogen (secondary N) is 2. The van der Waals surface area contributed by atoms with Gasteiger partial charge in [0.15, 0.2) is 0 Å². The molecule has 6 heteroatoms. The van der Waals surface area contributed by atoms with E-state index in [4.69, 9.17) is 4.74 Å². The molecule has 2 rings (SSSR count). The van der Waals surface area contributed by atoms with Crippen LogP contribution in [0.3, 0.4) is 0 Å². The predicted molar refractivity (Wildman–Crippen MR) is 84.9 cm³/mol. The summed E-state index contributed by atoms with van der Waals surface area (Å²) in [6, 6.07) is 7.59. The van der Waals surface area contributed by atoms with Gasteiger partial charge in [-0.2, -0.15) is 0 Å². The number of rotatable bonds is 7. The largest absolute Gasteiger partial charge is 0.377 e. The number of para-hydroxylation sites is 1. The lowest BCUT2D eigenvalue weighted by atomic mass is 10.1. The van der Waals surface area contributed by atoms with Crippen LogP contribution in [0, 0.1) is 0 Å². The van der Waals surface area contributed by atoms with E-state index in [1.54, 1.807) is 6.07 Å². The molecule has 0 saturated carbocycles. The van der Waals surface area contributed by atoms with Gasteiger partial charge in [-0.3, -0.25) is 4.72 Å². The second-order valence-electron chi connectivity index (χ2n) is 5.39. The molecule has 1 aromatic carbocycles. The first-order chi connectivity index (χ1) is 10.0. The molecule has 1 heterocycles. The second-order valence-corrected chi connectivity index (χ2v) is 7.15. The zero-order valence-electron chi connectivity index (χ0n) is 12.6. The zero-order valence-corrected chi connectivity index (χ0v) is 13.4. The van der Waals surface area contributed by atoms with E-state index in [2.05, 4.69) is 10.0 Å². The summed E-state index contributed by atoms with van der Waals surface area (Å²) in [5.74, 6) is 0.0247. The minimum atomic E-state index is -3.39. The molecule has 1 fully saturated rings. The fraction of sp³-hybridized carbons (Fsp3) is 0.600. The van der Waals surface area contributed by atoms with Crippen LogP contribution >= 0.6 is 0 Å². The highest BCUT2D eigenvalue weighted by molar-refractivity contribution is 7.92. The van der Waals surface area contributed by atoms with E-state index in [1.807, 2.05) is 32.0 Å². The number of ether oxygens (including phenoxy) is 1. The summed E-state index contributed by atoms with van der Waals surface area (Å²) in [5, 5.41) is 3.30. The highest BCUT2D eigenvalue weighted by Crippen LogP contribution is 2.24. The molecule has 2 unspecified atom stereocenters. The molecule has 5 nitrogen and oxygen atoms in total. The van der Waals surface area contributed by atoms with Gasteiger partial charge in [0.25, 0.3) is 0 Å². The van der Waals surface area contributed by atoms with Crippen LogP contribution < -0.4 is 10.0 Å². The van der Waals surface area contributed by atoms with Gasteiger partial charge in [0, 0.05) is 12.6 Å². The minimum Gasteiger partial charge on any atom is -0.377 e. The summed E-state index contributed by atoms with van der Waals surface area (Å²) in [7, 11) is -3.39. The number of sulfonamides is 1. The standard InChI is InChI=1S/C15H24N2O3S/c1-3-16-12(2)14-8-4-5-9-15(14)17-21(18,19)11-13-7-6-10-20-13/h4-5,8-9,12-13,16-17H,3,6-7,10-11H2,1-2H3. The third kappa shape index (κ3) is 4.69.